The van der Waals surface area contributed by atoms with Crippen molar-refractivity contribution in [2.24, 2.45) is 0 Å². The molecule has 1 aromatic carbocycles. The van der Waals surface area contributed by atoms with E-state index in [0.29, 0.717) is 0 Å². The first kappa shape index (κ1) is 13.4. The van der Waals surface area contributed by atoms with Crippen LogP contribution in [-0.2, 0) is 11.3 Å². The number of morpholine rings is 1. The average Bonchev–Trinajstić information content (AvgIpc) is 2.81. The summed E-state index contributed by atoms with van der Waals surface area (Å²) in [6.07, 6.45) is 0. The van der Waals surface area contributed by atoms with Gasteiger partial charge in [-0.25, -0.2) is 0 Å². The molecule has 0 bridgehead atoms. The van der Waals surface area contributed by atoms with E-state index < -0.39 is 0 Å². The molecule has 0 aliphatic carbocycles. The molecular formula is C17H22N2O. The summed E-state index contributed by atoms with van der Waals surface area (Å²) in [5.41, 5.74) is 5.18. The molecule has 0 saturated carbocycles. The Hall–Kier alpha value is -1.58. The monoisotopic (exact) mass is 270 g/mol. The van der Waals surface area contributed by atoms with Crippen molar-refractivity contribution in [2.75, 3.05) is 26.3 Å². The van der Waals surface area contributed by atoms with Crippen LogP contribution in [0.2, 0.25) is 0 Å². The minimum atomic E-state index is 0.861. The standard InChI is InChI=1S/C17H22N2O/c1-14-3-4-15(2)19(14)17-7-5-16(6-8-17)13-18-9-11-20-12-10-18/h3-8H,9-13H2,1-2H3. The highest BCUT2D eigenvalue weighted by Gasteiger charge is 2.10. The van der Waals surface area contributed by atoms with Crippen molar-refractivity contribution in [1.82, 2.24) is 9.47 Å². The fourth-order valence-corrected chi connectivity index (χ4v) is 2.84. The van der Waals surface area contributed by atoms with Crippen molar-refractivity contribution >= 4 is 0 Å². The zero-order valence-corrected chi connectivity index (χ0v) is 12.3. The van der Waals surface area contributed by atoms with Crippen LogP contribution in [0.25, 0.3) is 5.69 Å². The Morgan fingerprint density at radius 2 is 1.50 bits per heavy atom. The van der Waals surface area contributed by atoms with E-state index in [0.717, 1.165) is 32.8 Å². The molecular weight excluding hydrogens is 248 g/mol. The summed E-state index contributed by atoms with van der Waals surface area (Å²) in [5, 5.41) is 0. The van der Waals surface area contributed by atoms with Gasteiger partial charge in [0.1, 0.15) is 0 Å². The second kappa shape index (κ2) is 5.81. The molecule has 3 rings (SSSR count). The first-order valence-electron chi connectivity index (χ1n) is 7.28. The molecule has 20 heavy (non-hydrogen) atoms. The predicted molar refractivity (Wildman–Crippen MR) is 81.3 cm³/mol. The van der Waals surface area contributed by atoms with Crippen LogP contribution in [0.3, 0.4) is 0 Å². The first-order chi connectivity index (χ1) is 9.74. The molecule has 2 aromatic rings. The Bertz CT molecular complexity index is 546. The highest BCUT2D eigenvalue weighted by atomic mass is 16.5. The molecule has 0 atom stereocenters. The predicted octanol–water partition coefficient (Wildman–Crippen LogP) is 2.93. The van der Waals surface area contributed by atoms with Gasteiger partial charge >= 0.3 is 0 Å². The van der Waals surface area contributed by atoms with Crippen LogP contribution >= 0.6 is 0 Å². The van der Waals surface area contributed by atoms with Crippen molar-refractivity contribution in [3.05, 3.63) is 53.3 Å². The van der Waals surface area contributed by atoms with Crippen LogP contribution in [-0.4, -0.2) is 35.8 Å². The molecule has 2 heterocycles. The molecule has 3 heteroatoms. The van der Waals surface area contributed by atoms with Gasteiger partial charge in [0.15, 0.2) is 0 Å². The van der Waals surface area contributed by atoms with E-state index in [-0.39, 0.29) is 0 Å². The third-order valence-electron chi connectivity index (χ3n) is 3.98. The summed E-state index contributed by atoms with van der Waals surface area (Å²) in [6.45, 7) is 9.12. The summed E-state index contributed by atoms with van der Waals surface area (Å²) in [4.78, 5) is 2.45. The van der Waals surface area contributed by atoms with Crippen molar-refractivity contribution in [3.63, 3.8) is 0 Å². The molecule has 0 spiro atoms. The minimum absolute atomic E-state index is 0.861. The summed E-state index contributed by atoms with van der Waals surface area (Å²) in [6, 6.07) is 13.2. The van der Waals surface area contributed by atoms with Gasteiger partial charge in [-0.2, -0.15) is 0 Å². The average molecular weight is 270 g/mol. The van der Waals surface area contributed by atoms with Crippen LogP contribution in [0, 0.1) is 13.8 Å². The Labute approximate surface area is 120 Å². The maximum atomic E-state index is 5.39. The smallest absolute Gasteiger partial charge is 0.0594 e. The molecule has 0 radical (unpaired) electrons. The number of nitrogens with zero attached hydrogens (tertiary/aromatic N) is 2. The lowest BCUT2D eigenvalue weighted by atomic mass is 10.2. The number of aryl methyl sites for hydroxylation is 2. The SMILES string of the molecule is Cc1ccc(C)n1-c1ccc(CN2CCOCC2)cc1. The quantitative estimate of drug-likeness (QED) is 0.853. The van der Waals surface area contributed by atoms with Crippen molar-refractivity contribution in [1.29, 1.82) is 0 Å². The number of aromatic nitrogens is 1. The molecule has 1 saturated heterocycles. The Balaban J connectivity index is 1.74. The van der Waals surface area contributed by atoms with E-state index in [2.05, 4.69) is 59.7 Å². The van der Waals surface area contributed by atoms with Crippen LogP contribution in [0.15, 0.2) is 36.4 Å². The Morgan fingerprint density at radius 1 is 0.900 bits per heavy atom. The summed E-state index contributed by atoms with van der Waals surface area (Å²) >= 11 is 0. The van der Waals surface area contributed by atoms with Crippen LogP contribution in [0.1, 0.15) is 17.0 Å². The minimum Gasteiger partial charge on any atom is -0.379 e. The second-order valence-corrected chi connectivity index (χ2v) is 5.51. The third kappa shape index (κ3) is 2.79. The summed E-state index contributed by atoms with van der Waals surface area (Å²) in [5.74, 6) is 0. The molecule has 106 valence electrons. The summed E-state index contributed by atoms with van der Waals surface area (Å²) in [7, 11) is 0. The molecule has 1 aromatic heterocycles. The molecule has 1 aliphatic rings. The van der Waals surface area contributed by atoms with E-state index >= 15 is 0 Å². The van der Waals surface area contributed by atoms with Gasteiger partial charge in [-0.3, -0.25) is 4.90 Å². The third-order valence-corrected chi connectivity index (χ3v) is 3.98. The van der Waals surface area contributed by atoms with Gasteiger partial charge in [0.25, 0.3) is 0 Å². The van der Waals surface area contributed by atoms with E-state index in [9.17, 15) is 0 Å². The fraction of sp³-hybridized carbons (Fsp3) is 0.412. The lowest BCUT2D eigenvalue weighted by Crippen LogP contribution is -2.35. The Morgan fingerprint density at radius 3 is 2.10 bits per heavy atom. The molecule has 0 N–H and O–H groups in total. The molecule has 1 aliphatic heterocycles. The summed E-state index contributed by atoms with van der Waals surface area (Å²) < 4.78 is 7.68. The zero-order chi connectivity index (χ0) is 13.9. The highest BCUT2D eigenvalue weighted by Crippen LogP contribution is 2.17. The van der Waals surface area contributed by atoms with E-state index in [1.54, 1.807) is 0 Å². The number of hydrogen-bond donors (Lipinski definition) is 0. The van der Waals surface area contributed by atoms with Gasteiger partial charge in [0.2, 0.25) is 0 Å². The van der Waals surface area contributed by atoms with Crippen molar-refractivity contribution < 1.29 is 4.74 Å². The lowest BCUT2D eigenvalue weighted by Gasteiger charge is -2.26. The van der Waals surface area contributed by atoms with Crippen molar-refractivity contribution in [3.8, 4) is 5.69 Å². The second-order valence-electron chi connectivity index (χ2n) is 5.51. The lowest BCUT2D eigenvalue weighted by molar-refractivity contribution is 0.0342. The number of benzene rings is 1. The number of rotatable bonds is 3. The van der Waals surface area contributed by atoms with E-state index in [1.165, 1.54) is 22.6 Å². The van der Waals surface area contributed by atoms with Gasteiger partial charge in [-0.15, -0.1) is 0 Å². The number of hydrogen-bond acceptors (Lipinski definition) is 2. The van der Waals surface area contributed by atoms with Crippen LogP contribution in [0.5, 0.6) is 0 Å². The van der Waals surface area contributed by atoms with Crippen molar-refractivity contribution in [2.45, 2.75) is 20.4 Å². The number of ether oxygens (including phenoxy) is 1. The Kier molecular flexibility index (Phi) is 3.90. The maximum Gasteiger partial charge on any atom is 0.0594 e. The normalized spacial score (nSPS) is 16.5. The molecule has 0 unspecified atom stereocenters. The topological polar surface area (TPSA) is 17.4 Å². The first-order valence-corrected chi connectivity index (χ1v) is 7.28. The van der Waals surface area contributed by atoms with Gasteiger partial charge < -0.3 is 9.30 Å². The molecule has 0 amide bonds. The largest absolute Gasteiger partial charge is 0.379 e. The van der Waals surface area contributed by atoms with Crippen LogP contribution < -0.4 is 0 Å². The van der Waals surface area contributed by atoms with Gasteiger partial charge in [0.05, 0.1) is 13.2 Å². The van der Waals surface area contributed by atoms with Crippen LogP contribution in [0.4, 0.5) is 0 Å². The molecule has 1 fully saturated rings. The van der Waals surface area contributed by atoms with E-state index in [4.69, 9.17) is 4.74 Å². The highest BCUT2D eigenvalue weighted by molar-refractivity contribution is 5.39. The van der Waals surface area contributed by atoms with Gasteiger partial charge in [-0.05, 0) is 43.7 Å². The van der Waals surface area contributed by atoms with Gasteiger partial charge in [0, 0.05) is 36.7 Å². The van der Waals surface area contributed by atoms with E-state index in [1.807, 2.05) is 0 Å². The fourth-order valence-electron chi connectivity index (χ4n) is 2.84. The maximum absolute atomic E-state index is 5.39. The molecule has 3 nitrogen and oxygen atoms in total. The zero-order valence-electron chi connectivity index (χ0n) is 12.3. The van der Waals surface area contributed by atoms with Gasteiger partial charge in [-0.1, -0.05) is 12.1 Å².